The molecular formula is C25H21N3O. The third kappa shape index (κ3) is 4.06. The minimum atomic E-state index is -0.141. The highest BCUT2D eigenvalue weighted by atomic mass is 16.1. The molecule has 0 fully saturated rings. The van der Waals surface area contributed by atoms with Crippen LogP contribution < -0.4 is 5.43 Å². The highest BCUT2D eigenvalue weighted by molar-refractivity contribution is 6.51. The van der Waals surface area contributed by atoms with Crippen molar-refractivity contribution >= 4 is 28.2 Å². The highest BCUT2D eigenvalue weighted by Crippen LogP contribution is 2.21. The molecule has 3 aromatic carbocycles. The Morgan fingerprint density at radius 1 is 0.828 bits per heavy atom. The molecule has 0 radical (unpaired) electrons. The minimum absolute atomic E-state index is 0.141. The molecule has 0 aliphatic carbocycles. The van der Waals surface area contributed by atoms with Crippen molar-refractivity contribution in [2.45, 2.75) is 13.8 Å². The van der Waals surface area contributed by atoms with Crippen LogP contribution in [-0.4, -0.2) is 16.5 Å². The third-order valence-corrected chi connectivity index (χ3v) is 4.75. The van der Waals surface area contributed by atoms with E-state index in [1.165, 1.54) is 0 Å². The fourth-order valence-corrected chi connectivity index (χ4v) is 3.25. The minimum Gasteiger partial charge on any atom is -0.287 e. The molecule has 0 aliphatic heterocycles. The third-order valence-electron chi connectivity index (χ3n) is 4.75. The van der Waals surface area contributed by atoms with Gasteiger partial charge >= 0.3 is 0 Å². The van der Waals surface area contributed by atoms with Crippen LogP contribution in [-0.2, 0) is 0 Å². The molecule has 29 heavy (non-hydrogen) atoms. The summed E-state index contributed by atoms with van der Waals surface area (Å²) in [6, 6.07) is 26.8. The normalized spacial score (nSPS) is 11.4. The van der Waals surface area contributed by atoms with Gasteiger partial charge in [0.25, 0.3) is 0 Å². The summed E-state index contributed by atoms with van der Waals surface area (Å²) in [6.45, 7) is 4.09. The molecular weight excluding hydrogens is 358 g/mol. The first-order valence-electron chi connectivity index (χ1n) is 9.49. The Labute approximate surface area is 169 Å². The van der Waals surface area contributed by atoms with Gasteiger partial charge in [-0.3, -0.25) is 10.2 Å². The molecule has 4 aromatic rings. The molecule has 142 valence electrons. The van der Waals surface area contributed by atoms with Crippen LogP contribution in [0.5, 0.6) is 0 Å². The summed E-state index contributed by atoms with van der Waals surface area (Å²) in [5.74, 6) is 0.465. The lowest BCUT2D eigenvalue weighted by Gasteiger charge is -2.09. The quantitative estimate of drug-likeness (QED) is 0.281. The number of nitrogens with zero attached hydrogens (tertiary/aromatic N) is 2. The Hall–Kier alpha value is -3.79. The number of ketones is 1. The second kappa shape index (κ2) is 8.07. The van der Waals surface area contributed by atoms with Crippen molar-refractivity contribution < 1.29 is 4.79 Å². The molecule has 0 bridgehead atoms. The van der Waals surface area contributed by atoms with Crippen molar-refractivity contribution in [3.8, 4) is 0 Å². The summed E-state index contributed by atoms with van der Waals surface area (Å²) in [5.41, 5.74) is 7.84. The van der Waals surface area contributed by atoms with Crippen LogP contribution in [0, 0.1) is 13.8 Å². The van der Waals surface area contributed by atoms with Crippen LogP contribution in [0.15, 0.2) is 90.0 Å². The van der Waals surface area contributed by atoms with Crippen LogP contribution in [0.2, 0.25) is 0 Å². The van der Waals surface area contributed by atoms with Gasteiger partial charge in [-0.15, -0.1) is 0 Å². The maximum Gasteiger partial charge on any atom is 0.213 e. The topological polar surface area (TPSA) is 54.4 Å². The lowest BCUT2D eigenvalue weighted by Crippen LogP contribution is -2.17. The first-order chi connectivity index (χ1) is 14.1. The van der Waals surface area contributed by atoms with Crippen molar-refractivity contribution in [1.82, 2.24) is 4.98 Å². The second-order valence-corrected chi connectivity index (χ2v) is 6.98. The Morgan fingerprint density at radius 2 is 1.48 bits per heavy atom. The number of aromatic nitrogens is 1. The predicted octanol–water partition coefficient (Wildman–Crippen LogP) is 5.55. The van der Waals surface area contributed by atoms with Gasteiger partial charge in [-0.25, -0.2) is 4.98 Å². The number of aryl methyl sites for hydroxylation is 2. The number of hydrazone groups is 1. The zero-order valence-electron chi connectivity index (χ0n) is 16.4. The molecule has 4 nitrogen and oxygen atoms in total. The highest BCUT2D eigenvalue weighted by Gasteiger charge is 2.16. The van der Waals surface area contributed by atoms with E-state index in [-0.39, 0.29) is 5.78 Å². The van der Waals surface area contributed by atoms with Crippen LogP contribution in [0.25, 0.3) is 10.9 Å². The molecule has 4 heteroatoms. The van der Waals surface area contributed by atoms with Gasteiger partial charge in [0.2, 0.25) is 5.78 Å². The largest absolute Gasteiger partial charge is 0.287 e. The Balaban J connectivity index is 1.74. The number of benzene rings is 3. The van der Waals surface area contributed by atoms with Crippen LogP contribution in [0.1, 0.15) is 27.0 Å². The van der Waals surface area contributed by atoms with E-state index >= 15 is 0 Å². The summed E-state index contributed by atoms with van der Waals surface area (Å²) < 4.78 is 0. The number of carbonyl (C=O) groups excluding carboxylic acids is 1. The van der Waals surface area contributed by atoms with Gasteiger partial charge in [-0.1, -0.05) is 72.8 Å². The van der Waals surface area contributed by atoms with Gasteiger partial charge in [-0.2, -0.15) is 5.10 Å². The number of hydrogen-bond donors (Lipinski definition) is 1. The standard InChI is InChI=1S/C25H21N3O/c1-17-13-14-21-18(2)16-23(26-22(21)15-17)27-28-24(19-9-5-3-6-10-19)25(29)20-11-7-4-8-12-20/h3-16H,1-2H3,(H,26,27)/b28-24+. The van der Waals surface area contributed by atoms with Crippen LogP contribution in [0.4, 0.5) is 5.82 Å². The zero-order valence-corrected chi connectivity index (χ0v) is 16.4. The molecule has 1 N–H and O–H groups in total. The first kappa shape index (κ1) is 18.6. The Kier molecular flexibility index (Phi) is 5.16. The average Bonchev–Trinajstić information content (AvgIpc) is 2.75. The number of hydrogen-bond acceptors (Lipinski definition) is 4. The van der Waals surface area contributed by atoms with Gasteiger partial charge in [0, 0.05) is 16.5 Å². The summed E-state index contributed by atoms with van der Waals surface area (Å²) in [6.07, 6.45) is 0. The van der Waals surface area contributed by atoms with Gasteiger partial charge in [0.15, 0.2) is 0 Å². The summed E-state index contributed by atoms with van der Waals surface area (Å²) in [5, 5.41) is 5.57. The Bertz CT molecular complexity index is 1200. The fraction of sp³-hybridized carbons (Fsp3) is 0.0800. The summed E-state index contributed by atoms with van der Waals surface area (Å²) >= 11 is 0. The smallest absolute Gasteiger partial charge is 0.213 e. The van der Waals surface area contributed by atoms with E-state index in [1.807, 2.05) is 74.5 Å². The predicted molar refractivity (Wildman–Crippen MR) is 119 cm³/mol. The number of fused-ring (bicyclic) bond motifs is 1. The van der Waals surface area contributed by atoms with Crippen molar-refractivity contribution in [1.29, 1.82) is 0 Å². The van der Waals surface area contributed by atoms with E-state index in [9.17, 15) is 4.79 Å². The molecule has 0 spiro atoms. The van der Waals surface area contributed by atoms with Crippen LogP contribution >= 0.6 is 0 Å². The fourth-order valence-electron chi connectivity index (χ4n) is 3.25. The molecule has 0 aliphatic rings. The van der Waals surface area contributed by atoms with E-state index < -0.39 is 0 Å². The summed E-state index contributed by atoms with van der Waals surface area (Å²) in [4.78, 5) is 17.8. The van der Waals surface area contributed by atoms with E-state index in [0.29, 0.717) is 17.1 Å². The average molecular weight is 379 g/mol. The molecule has 0 saturated carbocycles. The number of rotatable bonds is 5. The van der Waals surface area contributed by atoms with Crippen molar-refractivity contribution in [3.05, 3.63) is 107 Å². The molecule has 0 amide bonds. The number of carbonyl (C=O) groups is 1. The van der Waals surface area contributed by atoms with Gasteiger partial charge in [0.05, 0.1) is 5.52 Å². The lowest BCUT2D eigenvalue weighted by molar-refractivity contribution is 0.106. The maximum atomic E-state index is 13.1. The first-order valence-corrected chi connectivity index (χ1v) is 9.49. The molecule has 1 aromatic heterocycles. The van der Waals surface area contributed by atoms with Crippen molar-refractivity contribution in [2.24, 2.45) is 5.10 Å². The SMILES string of the molecule is Cc1ccc2c(C)cc(N/N=C(/C(=O)c3ccccc3)c3ccccc3)nc2c1. The van der Waals surface area contributed by atoms with Crippen LogP contribution in [0.3, 0.4) is 0 Å². The van der Waals surface area contributed by atoms with Gasteiger partial charge in [-0.05, 0) is 37.1 Å². The van der Waals surface area contributed by atoms with Crippen molar-refractivity contribution in [2.75, 3.05) is 5.43 Å². The van der Waals surface area contributed by atoms with Gasteiger partial charge < -0.3 is 0 Å². The number of pyridine rings is 1. The molecule has 0 atom stereocenters. The molecule has 0 unspecified atom stereocenters. The Morgan fingerprint density at radius 3 is 2.17 bits per heavy atom. The van der Waals surface area contributed by atoms with Crippen molar-refractivity contribution in [3.63, 3.8) is 0 Å². The van der Waals surface area contributed by atoms with Gasteiger partial charge in [0.1, 0.15) is 11.5 Å². The monoisotopic (exact) mass is 379 g/mol. The molecule has 1 heterocycles. The molecule has 0 saturated heterocycles. The number of anilines is 1. The van der Waals surface area contributed by atoms with E-state index in [4.69, 9.17) is 0 Å². The lowest BCUT2D eigenvalue weighted by atomic mass is 10.0. The number of Topliss-reactive ketones (excluding diaryl/α,β-unsaturated/α-hetero) is 1. The van der Waals surface area contributed by atoms with E-state index in [2.05, 4.69) is 27.6 Å². The summed E-state index contributed by atoms with van der Waals surface area (Å²) in [7, 11) is 0. The number of nitrogens with one attached hydrogen (secondary N) is 1. The zero-order chi connectivity index (χ0) is 20.2. The molecule has 4 rings (SSSR count). The second-order valence-electron chi connectivity index (χ2n) is 6.98. The van der Waals surface area contributed by atoms with E-state index in [0.717, 1.165) is 27.6 Å². The van der Waals surface area contributed by atoms with E-state index in [1.54, 1.807) is 12.1 Å². The maximum absolute atomic E-state index is 13.1.